The van der Waals surface area contributed by atoms with E-state index in [4.69, 9.17) is 4.98 Å². The first-order valence-corrected chi connectivity index (χ1v) is 10.0. The van der Waals surface area contributed by atoms with Crippen molar-refractivity contribution in [1.29, 1.82) is 0 Å². The molecule has 2 heterocycles. The van der Waals surface area contributed by atoms with Crippen molar-refractivity contribution in [2.24, 2.45) is 23.7 Å². The molecule has 1 unspecified atom stereocenters. The first-order chi connectivity index (χ1) is 14.1. The van der Waals surface area contributed by atoms with Gasteiger partial charge in [0.1, 0.15) is 0 Å². The Kier molecular flexibility index (Phi) is 3.34. The summed E-state index contributed by atoms with van der Waals surface area (Å²) in [6, 6.07) is 13.5. The molecule has 0 spiro atoms. The number of rotatable bonds is 2. The second-order valence-corrected chi connectivity index (χ2v) is 8.26. The normalized spacial score (nSPS) is 27.3. The lowest BCUT2D eigenvalue weighted by Gasteiger charge is -2.17. The molecule has 2 amide bonds. The molecule has 3 aliphatic rings. The van der Waals surface area contributed by atoms with Crippen LogP contribution in [0.5, 0.6) is 0 Å². The molecule has 1 saturated carbocycles. The fourth-order valence-electron chi connectivity index (χ4n) is 5.26. The second-order valence-electron chi connectivity index (χ2n) is 8.26. The Morgan fingerprint density at radius 2 is 1.62 bits per heavy atom. The fourth-order valence-corrected chi connectivity index (χ4v) is 5.26. The molecule has 5 heteroatoms. The number of para-hydroxylation sites is 1. The molecule has 5 nitrogen and oxygen atoms in total. The van der Waals surface area contributed by atoms with E-state index in [0.29, 0.717) is 11.5 Å². The number of benzene rings is 2. The third kappa shape index (κ3) is 2.27. The van der Waals surface area contributed by atoms with Gasteiger partial charge in [0.05, 0.1) is 23.0 Å². The van der Waals surface area contributed by atoms with Crippen molar-refractivity contribution < 1.29 is 9.59 Å². The van der Waals surface area contributed by atoms with Gasteiger partial charge in [0.15, 0.2) is 5.82 Å². The van der Waals surface area contributed by atoms with Crippen LogP contribution in [0, 0.1) is 30.6 Å². The van der Waals surface area contributed by atoms with Crippen LogP contribution in [-0.4, -0.2) is 21.8 Å². The number of hydrogen-bond acceptors (Lipinski definition) is 4. The first-order valence-electron chi connectivity index (χ1n) is 10.0. The van der Waals surface area contributed by atoms with Crippen molar-refractivity contribution in [2.75, 3.05) is 4.90 Å². The number of anilines is 1. The van der Waals surface area contributed by atoms with Gasteiger partial charge in [0.2, 0.25) is 11.8 Å². The minimum absolute atomic E-state index is 0.0535. The van der Waals surface area contributed by atoms with E-state index in [0.717, 1.165) is 28.5 Å². The number of carbonyl (C=O) groups is 2. The van der Waals surface area contributed by atoms with Crippen LogP contribution in [0.2, 0.25) is 0 Å². The van der Waals surface area contributed by atoms with Crippen molar-refractivity contribution >= 4 is 28.4 Å². The molecule has 1 aromatic heterocycles. The molecule has 2 fully saturated rings. The smallest absolute Gasteiger partial charge is 0.238 e. The fraction of sp³-hybridized carbons (Fsp3) is 0.250. The lowest BCUT2D eigenvalue weighted by molar-refractivity contribution is -0.123. The summed E-state index contributed by atoms with van der Waals surface area (Å²) >= 11 is 0. The van der Waals surface area contributed by atoms with Gasteiger partial charge in [-0.05, 0) is 55.0 Å². The second kappa shape index (κ2) is 5.83. The Hall–Kier alpha value is -3.34. The molecule has 142 valence electrons. The van der Waals surface area contributed by atoms with Crippen LogP contribution in [0.25, 0.3) is 22.3 Å². The first kappa shape index (κ1) is 16.6. The van der Waals surface area contributed by atoms with Gasteiger partial charge in [-0.3, -0.25) is 14.5 Å². The summed E-state index contributed by atoms with van der Waals surface area (Å²) in [6.45, 7) is 2.03. The Balaban J connectivity index is 1.33. The van der Waals surface area contributed by atoms with Gasteiger partial charge in [-0.15, -0.1) is 0 Å². The van der Waals surface area contributed by atoms with E-state index >= 15 is 0 Å². The van der Waals surface area contributed by atoms with Crippen molar-refractivity contribution in [3.8, 4) is 11.4 Å². The Bertz CT molecular complexity index is 1180. The van der Waals surface area contributed by atoms with E-state index in [1.165, 1.54) is 4.90 Å². The number of amides is 2. The van der Waals surface area contributed by atoms with Gasteiger partial charge in [-0.1, -0.05) is 30.4 Å². The molecule has 4 atom stereocenters. The van der Waals surface area contributed by atoms with Crippen LogP contribution in [0.3, 0.4) is 0 Å². The van der Waals surface area contributed by atoms with Crippen molar-refractivity contribution in [2.45, 2.75) is 13.3 Å². The maximum atomic E-state index is 13.0. The average molecular weight is 381 g/mol. The van der Waals surface area contributed by atoms with E-state index in [9.17, 15) is 9.59 Å². The number of nitrogens with zero attached hydrogens (tertiary/aromatic N) is 3. The van der Waals surface area contributed by atoms with Crippen LogP contribution < -0.4 is 4.90 Å². The van der Waals surface area contributed by atoms with Gasteiger partial charge in [-0.2, -0.15) is 0 Å². The standard InChI is InChI=1S/C24H19N3O2/c1-13-3-2-4-17-12-25-22(26-21(13)17)14-7-9-18(10-8-14)27-23(28)19-15-5-6-16(11-15)20(19)24(27)29/h2-10,12,15-16,19-20H,11H2,1H3/t15-,16?,19-,20+/m1/s1. The molecule has 2 bridgehead atoms. The number of carbonyl (C=O) groups excluding carboxylic acids is 2. The summed E-state index contributed by atoms with van der Waals surface area (Å²) in [6.07, 6.45) is 7.00. The SMILES string of the molecule is Cc1cccc2cnc(-c3ccc(N4C(=O)[C@@H]5[C@@H]6C=CC(C6)[C@@H]5C4=O)cc3)nc12. The molecule has 2 aliphatic carbocycles. The maximum absolute atomic E-state index is 13.0. The third-order valence-electron chi connectivity index (χ3n) is 6.67. The van der Waals surface area contributed by atoms with Gasteiger partial charge in [0, 0.05) is 17.1 Å². The molecule has 3 aromatic rings. The summed E-state index contributed by atoms with van der Waals surface area (Å²) < 4.78 is 0. The number of aryl methyl sites for hydroxylation is 1. The van der Waals surface area contributed by atoms with E-state index in [1.54, 1.807) is 0 Å². The zero-order chi connectivity index (χ0) is 19.7. The number of hydrogen-bond donors (Lipinski definition) is 0. The molecular weight excluding hydrogens is 362 g/mol. The van der Waals surface area contributed by atoms with Crippen LogP contribution in [0.1, 0.15) is 12.0 Å². The molecule has 1 aliphatic heterocycles. The molecule has 0 N–H and O–H groups in total. The zero-order valence-electron chi connectivity index (χ0n) is 15.9. The highest BCUT2D eigenvalue weighted by atomic mass is 16.2. The maximum Gasteiger partial charge on any atom is 0.238 e. The average Bonchev–Trinajstić information content (AvgIpc) is 3.42. The monoisotopic (exact) mass is 381 g/mol. The Morgan fingerprint density at radius 1 is 0.931 bits per heavy atom. The minimum atomic E-state index is -0.177. The van der Waals surface area contributed by atoms with E-state index in [2.05, 4.69) is 17.1 Å². The number of imide groups is 1. The molecule has 0 radical (unpaired) electrons. The number of fused-ring (bicyclic) bond motifs is 6. The molecule has 29 heavy (non-hydrogen) atoms. The summed E-state index contributed by atoms with van der Waals surface area (Å²) in [7, 11) is 0. The van der Waals surface area contributed by atoms with Gasteiger partial charge >= 0.3 is 0 Å². The highest BCUT2D eigenvalue weighted by Gasteiger charge is 2.59. The predicted octanol–water partition coefficient (Wildman–Crippen LogP) is 3.92. The van der Waals surface area contributed by atoms with Crippen molar-refractivity contribution in [1.82, 2.24) is 9.97 Å². The van der Waals surface area contributed by atoms with E-state index in [1.807, 2.05) is 55.6 Å². The Labute approximate surface area is 168 Å². The number of aromatic nitrogens is 2. The van der Waals surface area contributed by atoms with Crippen LogP contribution >= 0.6 is 0 Å². The lowest BCUT2D eigenvalue weighted by Crippen LogP contribution is -2.32. The van der Waals surface area contributed by atoms with E-state index < -0.39 is 0 Å². The lowest BCUT2D eigenvalue weighted by atomic mass is 9.85. The molecular formula is C24H19N3O2. The molecule has 6 rings (SSSR count). The van der Waals surface area contributed by atoms with Crippen molar-refractivity contribution in [3.63, 3.8) is 0 Å². The largest absolute Gasteiger partial charge is 0.274 e. The van der Waals surface area contributed by atoms with Crippen LogP contribution in [-0.2, 0) is 9.59 Å². The van der Waals surface area contributed by atoms with Gasteiger partial charge in [0.25, 0.3) is 0 Å². The summed E-state index contributed by atoms with van der Waals surface area (Å²) in [5.74, 6) is 0.619. The summed E-state index contributed by atoms with van der Waals surface area (Å²) in [4.78, 5) is 36.5. The number of allylic oxidation sites excluding steroid dienone is 2. The highest BCUT2D eigenvalue weighted by molar-refractivity contribution is 6.22. The third-order valence-corrected chi connectivity index (χ3v) is 6.67. The Morgan fingerprint density at radius 3 is 2.31 bits per heavy atom. The topological polar surface area (TPSA) is 63.2 Å². The summed E-state index contributed by atoms with van der Waals surface area (Å²) in [5, 5.41) is 1.01. The minimum Gasteiger partial charge on any atom is -0.274 e. The van der Waals surface area contributed by atoms with Crippen molar-refractivity contribution in [3.05, 3.63) is 66.4 Å². The molecule has 1 saturated heterocycles. The van der Waals surface area contributed by atoms with Crippen LogP contribution in [0.4, 0.5) is 5.69 Å². The highest BCUT2D eigenvalue weighted by Crippen LogP contribution is 2.53. The predicted molar refractivity (Wildman–Crippen MR) is 110 cm³/mol. The van der Waals surface area contributed by atoms with Gasteiger partial charge in [-0.25, -0.2) is 9.97 Å². The van der Waals surface area contributed by atoms with Crippen LogP contribution in [0.15, 0.2) is 60.8 Å². The molecule has 2 aromatic carbocycles. The van der Waals surface area contributed by atoms with Gasteiger partial charge < -0.3 is 0 Å². The quantitative estimate of drug-likeness (QED) is 0.499. The zero-order valence-corrected chi connectivity index (χ0v) is 15.9. The van der Waals surface area contributed by atoms with E-state index in [-0.39, 0.29) is 35.5 Å². The summed E-state index contributed by atoms with van der Waals surface area (Å²) in [5.41, 5.74) is 3.53.